The molecule has 136 valence electrons. The average molecular weight is 381 g/mol. The minimum Gasteiger partial charge on any atom is -0.345 e. The molecule has 0 aliphatic carbocycles. The predicted octanol–water partition coefficient (Wildman–Crippen LogP) is 2.87. The van der Waals surface area contributed by atoms with E-state index in [0.29, 0.717) is 30.4 Å². The summed E-state index contributed by atoms with van der Waals surface area (Å²) in [4.78, 5) is 6.94. The van der Waals surface area contributed by atoms with E-state index in [1.807, 2.05) is 19.1 Å². The van der Waals surface area contributed by atoms with Crippen molar-refractivity contribution in [3.63, 3.8) is 0 Å². The van der Waals surface area contributed by atoms with E-state index in [4.69, 9.17) is 0 Å². The highest BCUT2D eigenvalue weighted by Gasteiger charge is 2.28. The molecule has 0 amide bonds. The normalized spacial score (nSPS) is 17.0. The van der Waals surface area contributed by atoms with Crippen LogP contribution in [0.5, 0.6) is 0 Å². The lowest BCUT2D eigenvalue weighted by molar-refractivity contribution is 0.433. The van der Waals surface area contributed by atoms with Gasteiger partial charge in [0.2, 0.25) is 15.2 Å². The van der Waals surface area contributed by atoms with E-state index >= 15 is 0 Å². The quantitative estimate of drug-likeness (QED) is 0.816. The van der Waals surface area contributed by atoms with Crippen molar-refractivity contribution in [2.75, 3.05) is 31.1 Å². The molecule has 2 aromatic rings. The summed E-state index contributed by atoms with van der Waals surface area (Å²) >= 11 is 1.37. The third-order valence-electron chi connectivity index (χ3n) is 4.40. The molecule has 1 aromatic heterocycles. The number of hydrogen-bond acceptors (Lipinski definition) is 6. The van der Waals surface area contributed by atoms with Crippen LogP contribution in [-0.4, -0.2) is 48.3 Å². The largest absolute Gasteiger partial charge is 0.345 e. The SMILES string of the molecule is Cc1nsc(N2CCCN(S(=O)(=O)c3cccc(C(C)C)c3)CC2)n1. The molecule has 1 aromatic carbocycles. The molecule has 6 nitrogen and oxygen atoms in total. The Labute approximate surface area is 153 Å². The molecular formula is C17H24N4O2S2. The van der Waals surface area contributed by atoms with Crippen LogP contribution in [0.2, 0.25) is 0 Å². The fourth-order valence-electron chi connectivity index (χ4n) is 2.92. The molecule has 0 N–H and O–H groups in total. The van der Waals surface area contributed by atoms with Crippen molar-refractivity contribution in [3.05, 3.63) is 35.7 Å². The molecule has 0 atom stereocenters. The lowest BCUT2D eigenvalue weighted by Crippen LogP contribution is -2.35. The summed E-state index contributed by atoms with van der Waals surface area (Å²) in [7, 11) is -3.47. The fourth-order valence-corrected chi connectivity index (χ4v) is 5.17. The van der Waals surface area contributed by atoms with Gasteiger partial charge in [-0.25, -0.2) is 13.4 Å². The van der Waals surface area contributed by atoms with Crippen LogP contribution in [0, 0.1) is 6.92 Å². The highest BCUT2D eigenvalue weighted by atomic mass is 32.2. The fraction of sp³-hybridized carbons (Fsp3) is 0.529. The third kappa shape index (κ3) is 4.02. The van der Waals surface area contributed by atoms with Crippen molar-refractivity contribution in [1.82, 2.24) is 13.7 Å². The molecule has 8 heteroatoms. The van der Waals surface area contributed by atoms with Crippen LogP contribution in [-0.2, 0) is 10.0 Å². The van der Waals surface area contributed by atoms with Crippen molar-refractivity contribution in [2.24, 2.45) is 0 Å². The van der Waals surface area contributed by atoms with E-state index < -0.39 is 10.0 Å². The van der Waals surface area contributed by atoms with Crippen LogP contribution in [0.3, 0.4) is 0 Å². The zero-order valence-corrected chi connectivity index (χ0v) is 16.5. The van der Waals surface area contributed by atoms with Crippen molar-refractivity contribution in [2.45, 2.75) is 38.0 Å². The second-order valence-electron chi connectivity index (χ2n) is 6.60. The maximum Gasteiger partial charge on any atom is 0.243 e. The van der Waals surface area contributed by atoms with Crippen molar-refractivity contribution >= 4 is 26.7 Å². The summed E-state index contributed by atoms with van der Waals surface area (Å²) in [6.07, 6.45) is 0.779. The number of hydrogen-bond donors (Lipinski definition) is 0. The number of sulfonamides is 1. The molecule has 1 saturated heterocycles. The van der Waals surface area contributed by atoms with Gasteiger partial charge >= 0.3 is 0 Å². The van der Waals surface area contributed by atoms with Gasteiger partial charge in [0, 0.05) is 37.7 Å². The number of benzene rings is 1. The monoisotopic (exact) mass is 380 g/mol. The molecule has 0 radical (unpaired) electrons. The lowest BCUT2D eigenvalue weighted by atomic mass is 10.0. The zero-order valence-electron chi connectivity index (χ0n) is 14.8. The van der Waals surface area contributed by atoms with Gasteiger partial charge in [-0.15, -0.1) is 0 Å². The van der Waals surface area contributed by atoms with Gasteiger partial charge in [-0.1, -0.05) is 26.0 Å². The molecule has 0 bridgehead atoms. The van der Waals surface area contributed by atoms with E-state index in [1.54, 1.807) is 16.4 Å². The third-order valence-corrected chi connectivity index (χ3v) is 7.17. The van der Waals surface area contributed by atoms with E-state index in [2.05, 4.69) is 28.1 Å². The van der Waals surface area contributed by atoms with Crippen LogP contribution < -0.4 is 4.90 Å². The first-order chi connectivity index (χ1) is 11.9. The predicted molar refractivity (Wildman–Crippen MR) is 101 cm³/mol. The minimum atomic E-state index is -3.47. The number of nitrogens with zero attached hydrogens (tertiary/aromatic N) is 4. The van der Waals surface area contributed by atoms with Gasteiger partial charge in [0.05, 0.1) is 4.90 Å². The summed E-state index contributed by atoms with van der Waals surface area (Å²) in [6.45, 7) is 8.44. The van der Waals surface area contributed by atoms with Gasteiger partial charge in [0.25, 0.3) is 0 Å². The van der Waals surface area contributed by atoms with Gasteiger partial charge in [-0.2, -0.15) is 8.68 Å². The number of aryl methyl sites for hydroxylation is 1. The van der Waals surface area contributed by atoms with Gasteiger partial charge < -0.3 is 4.90 Å². The maximum absolute atomic E-state index is 13.0. The molecule has 25 heavy (non-hydrogen) atoms. The second-order valence-corrected chi connectivity index (χ2v) is 9.26. The first-order valence-corrected chi connectivity index (χ1v) is 10.7. The highest BCUT2D eigenvalue weighted by molar-refractivity contribution is 7.89. The minimum absolute atomic E-state index is 0.301. The average Bonchev–Trinajstić information content (AvgIpc) is 2.87. The van der Waals surface area contributed by atoms with Crippen LogP contribution in [0.1, 0.15) is 37.6 Å². The van der Waals surface area contributed by atoms with E-state index in [9.17, 15) is 8.42 Å². The molecular weight excluding hydrogens is 356 g/mol. The van der Waals surface area contributed by atoms with Crippen LogP contribution in [0.25, 0.3) is 0 Å². The van der Waals surface area contributed by atoms with Gasteiger partial charge in [0.1, 0.15) is 5.82 Å². The Bertz CT molecular complexity index is 833. The Hall–Kier alpha value is -1.51. The summed E-state index contributed by atoms with van der Waals surface area (Å²) in [5.74, 6) is 1.06. The molecule has 1 aliphatic heterocycles. The second kappa shape index (κ2) is 7.39. The zero-order chi connectivity index (χ0) is 18.0. The van der Waals surface area contributed by atoms with Crippen molar-refractivity contribution < 1.29 is 8.42 Å². The Balaban J connectivity index is 1.78. The summed E-state index contributed by atoms with van der Waals surface area (Å²) in [5, 5.41) is 0.874. The maximum atomic E-state index is 13.0. The van der Waals surface area contributed by atoms with Gasteiger partial charge in [-0.05, 0) is 37.0 Å². The molecule has 1 aliphatic rings. The standard InChI is InChI=1S/C17H24N4O2S2/c1-13(2)15-6-4-7-16(12-15)25(22,23)21-9-5-8-20(10-11-21)17-18-14(3)19-24-17/h4,6-7,12-13H,5,8-11H2,1-3H3. The van der Waals surface area contributed by atoms with Crippen LogP contribution in [0.15, 0.2) is 29.2 Å². The van der Waals surface area contributed by atoms with E-state index in [-0.39, 0.29) is 0 Å². The summed E-state index contributed by atoms with van der Waals surface area (Å²) in [6, 6.07) is 7.30. The van der Waals surface area contributed by atoms with Crippen molar-refractivity contribution in [1.29, 1.82) is 0 Å². The smallest absolute Gasteiger partial charge is 0.243 e. The van der Waals surface area contributed by atoms with Crippen LogP contribution in [0.4, 0.5) is 5.13 Å². The van der Waals surface area contributed by atoms with Gasteiger partial charge in [-0.3, -0.25) is 0 Å². The van der Waals surface area contributed by atoms with E-state index in [0.717, 1.165) is 29.5 Å². The van der Waals surface area contributed by atoms with E-state index in [1.165, 1.54) is 11.5 Å². The highest BCUT2D eigenvalue weighted by Crippen LogP contribution is 2.24. The Morgan fingerprint density at radius 3 is 2.64 bits per heavy atom. The first kappa shape index (κ1) is 18.3. The molecule has 0 spiro atoms. The van der Waals surface area contributed by atoms with Crippen LogP contribution >= 0.6 is 11.5 Å². The molecule has 1 fully saturated rings. The molecule has 2 heterocycles. The number of rotatable bonds is 4. The number of anilines is 1. The summed E-state index contributed by atoms with van der Waals surface area (Å²) < 4.78 is 31.9. The lowest BCUT2D eigenvalue weighted by Gasteiger charge is -2.21. The Morgan fingerprint density at radius 2 is 1.96 bits per heavy atom. The van der Waals surface area contributed by atoms with Gasteiger partial charge in [0.15, 0.2) is 0 Å². The molecule has 3 rings (SSSR count). The molecule has 0 saturated carbocycles. The number of aromatic nitrogens is 2. The topological polar surface area (TPSA) is 66.4 Å². The molecule has 0 unspecified atom stereocenters. The Kier molecular flexibility index (Phi) is 5.41. The summed E-state index contributed by atoms with van der Waals surface area (Å²) in [5.41, 5.74) is 1.04. The Morgan fingerprint density at radius 1 is 1.16 bits per heavy atom. The first-order valence-electron chi connectivity index (χ1n) is 8.53. The van der Waals surface area contributed by atoms with Crippen molar-refractivity contribution in [3.8, 4) is 0 Å².